The van der Waals surface area contributed by atoms with Crippen LogP contribution in [0.15, 0.2) is 42.5 Å². The Morgan fingerprint density at radius 1 is 1.14 bits per heavy atom. The number of hydrogen-bond acceptors (Lipinski definition) is 2. The smallest absolute Gasteiger partial charge is 0.257 e. The van der Waals surface area contributed by atoms with Crippen molar-refractivity contribution in [1.29, 1.82) is 0 Å². The molecule has 2 atom stereocenters. The van der Waals surface area contributed by atoms with Crippen molar-refractivity contribution < 1.29 is 13.6 Å². The highest BCUT2D eigenvalue weighted by atomic mass is 19.1. The van der Waals surface area contributed by atoms with Gasteiger partial charge in [-0.05, 0) is 24.1 Å². The summed E-state index contributed by atoms with van der Waals surface area (Å²) in [7, 11) is 0. The van der Waals surface area contributed by atoms with Gasteiger partial charge in [0.1, 0.15) is 11.4 Å². The van der Waals surface area contributed by atoms with Gasteiger partial charge in [-0.2, -0.15) is 0 Å². The summed E-state index contributed by atoms with van der Waals surface area (Å²) in [6, 6.07) is 11.7. The molecule has 2 unspecified atom stereocenters. The molecular weight excluding hydrogens is 274 g/mol. The summed E-state index contributed by atoms with van der Waals surface area (Å²) < 4.78 is 27.4. The second-order valence-corrected chi connectivity index (χ2v) is 5.16. The number of carbonyl (C=O) groups is 1. The van der Waals surface area contributed by atoms with E-state index >= 15 is 0 Å². The largest absolute Gasteiger partial charge is 0.396 e. The second-order valence-electron chi connectivity index (χ2n) is 5.16. The monoisotopic (exact) mass is 288 g/mol. The number of hydrogen-bond donors (Lipinski definition) is 2. The number of halogens is 2. The lowest BCUT2D eigenvalue weighted by molar-refractivity contribution is 0.0942. The Balaban J connectivity index is 1.73. The number of benzene rings is 2. The summed E-state index contributed by atoms with van der Waals surface area (Å²) in [4.78, 5) is 12.0. The van der Waals surface area contributed by atoms with Crippen LogP contribution in [0.1, 0.15) is 28.3 Å². The number of nitrogens with one attached hydrogen (secondary N) is 1. The zero-order valence-corrected chi connectivity index (χ0v) is 11.1. The molecule has 0 heterocycles. The van der Waals surface area contributed by atoms with Crippen LogP contribution in [0.4, 0.5) is 14.5 Å². The number of rotatable bonds is 3. The average Bonchev–Trinajstić information content (AvgIpc) is 3.23. The third kappa shape index (κ3) is 2.59. The van der Waals surface area contributed by atoms with Crippen LogP contribution in [0.3, 0.4) is 0 Å². The van der Waals surface area contributed by atoms with Crippen molar-refractivity contribution in [3.63, 3.8) is 0 Å². The van der Waals surface area contributed by atoms with Crippen LogP contribution in [-0.4, -0.2) is 11.9 Å². The molecule has 0 aliphatic heterocycles. The minimum atomic E-state index is -1.01. The summed E-state index contributed by atoms with van der Waals surface area (Å²) in [5, 5.41) is 2.65. The SMILES string of the molecule is Nc1ccc(F)c(C(=O)NC2CC2c2ccccc2)c1F. The van der Waals surface area contributed by atoms with Gasteiger partial charge in [-0.25, -0.2) is 8.78 Å². The molecule has 1 fully saturated rings. The zero-order valence-electron chi connectivity index (χ0n) is 11.1. The normalized spacial score (nSPS) is 20.1. The minimum absolute atomic E-state index is 0.0971. The average molecular weight is 288 g/mol. The highest BCUT2D eigenvalue weighted by Gasteiger charge is 2.40. The molecule has 0 saturated heterocycles. The van der Waals surface area contributed by atoms with Gasteiger partial charge in [0.25, 0.3) is 5.91 Å². The lowest BCUT2D eigenvalue weighted by Gasteiger charge is -2.08. The maximum Gasteiger partial charge on any atom is 0.257 e. The molecular formula is C16H14F2N2O. The van der Waals surface area contributed by atoms with Gasteiger partial charge in [0.15, 0.2) is 5.82 Å². The predicted octanol–water partition coefficient (Wildman–Crippen LogP) is 2.83. The lowest BCUT2D eigenvalue weighted by Crippen LogP contribution is -2.28. The summed E-state index contributed by atoms with van der Waals surface area (Å²) in [6.07, 6.45) is 0.765. The topological polar surface area (TPSA) is 55.1 Å². The highest BCUT2D eigenvalue weighted by Crippen LogP contribution is 2.40. The van der Waals surface area contributed by atoms with E-state index in [9.17, 15) is 13.6 Å². The van der Waals surface area contributed by atoms with Gasteiger partial charge in [-0.3, -0.25) is 4.79 Å². The second kappa shape index (κ2) is 5.16. The van der Waals surface area contributed by atoms with E-state index in [2.05, 4.69) is 5.32 Å². The van der Waals surface area contributed by atoms with Gasteiger partial charge in [0.05, 0.1) is 5.69 Å². The van der Waals surface area contributed by atoms with Crippen molar-refractivity contribution >= 4 is 11.6 Å². The van der Waals surface area contributed by atoms with E-state index < -0.39 is 23.1 Å². The minimum Gasteiger partial charge on any atom is -0.396 e. The summed E-state index contributed by atoms with van der Waals surface area (Å²) >= 11 is 0. The number of nitrogen functional groups attached to an aromatic ring is 1. The first kappa shape index (κ1) is 13.5. The van der Waals surface area contributed by atoms with Crippen LogP contribution >= 0.6 is 0 Å². The van der Waals surface area contributed by atoms with Gasteiger partial charge in [0, 0.05) is 12.0 Å². The quantitative estimate of drug-likeness (QED) is 0.853. The van der Waals surface area contributed by atoms with Crippen LogP contribution in [0.25, 0.3) is 0 Å². The van der Waals surface area contributed by atoms with Crippen molar-refractivity contribution in [3.8, 4) is 0 Å². The molecule has 0 spiro atoms. The van der Waals surface area contributed by atoms with Gasteiger partial charge < -0.3 is 11.1 Å². The molecule has 0 aromatic heterocycles. The molecule has 0 bridgehead atoms. The Labute approximate surface area is 120 Å². The maximum absolute atomic E-state index is 13.8. The number of carbonyl (C=O) groups excluding carboxylic acids is 1. The van der Waals surface area contributed by atoms with Crippen LogP contribution in [0.5, 0.6) is 0 Å². The highest BCUT2D eigenvalue weighted by molar-refractivity contribution is 5.96. The predicted molar refractivity (Wildman–Crippen MR) is 75.8 cm³/mol. The summed E-state index contributed by atoms with van der Waals surface area (Å²) in [5.74, 6) is -2.48. The van der Waals surface area contributed by atoms with E-state index in [0.717, 1.165) is 24.1 Å². The van der Waals surface area contributed by atoms with Crippen LogP contribution in [-0.2, 0) is 0 Å². The van der Waals surface area contributed by atoms with Gasteiger partial charge in [-0.15, -0.1) is 0 Å². The zero-order chi connectivity index (χ0) is 15.0. The first-order valence-electron chi connectivity index (χ1n) is 6.67. The molecule has 3 nitrogen and oxygen atoms in total. The van der Waals surface area contributed by atoms with E-state index in [1.807, 2.05) is 30.3 Å². The Morgan fingerprint density at radius 2 is 1.86 bits per heavy atom. The van der Waals surface area contributed by atoms with Crippen molar-refractivity contribution in [1.82, 2.24) is 5.32 Å². The third-order valence-electron chi connectivity index (χ3n) is 3.68. The molecule has 1 amide bonds. The van der Waals surface area contributed by atoms with Gasteiger partial charge in [0.2, 0.25) is 0 Å². The lowest BCUT2D eigenvalue weighted by atomic mass is 10.1. The number of nitrogens with two attached hydrogens (primary N) is 1. The van der Waals surface area contributed by atoms with Crippen LogP contribution in [0.2, 0.25) is 0 Å². The van der Waals surface area contributed by atoms with E-state index in [1.54, 1.807) is 0 Å². The van der Waals surface area contributed by atoms with Crippen molar-refractivity contribution in [2.24, 2.45) is 0 Å². The standard InChI is InChI=1S/C16H14F2N2O/c17-11-6-7-12(19)15(18)14(11)16(21)20-13-8-10(13)9-4-2-1-3-5-9/h1-7,10,13H,8,19H2,(H,20,21). The molecule has 2 aromatic carbocycles. The Bertz CT molecular complexity index is 688. The van der Waals surface area contributed by atoms with Crippen molar-refractivity contribution in [2.75, 3.05) is 5.73 Å². The summed E-state index contributed by atoms with van der Waals surface area (Å²) in [5.41, 5.74) is 5.62. The van der Waals surface area contributed by atoms with Crippen molar-refractivity contribution in [3.05, 3.63) is 65.2 Å². The van der Waals surface area contributed by atoms with Crippen molar-refractivity contribution in [2.45, 2.75) is 18.4 Å². The number of anilines is 1. The van der Waals surface area contributed by atoms with E-state index in [1.165, 1.54) is 0 Å². The Hall–Kier alpha value is -2.43. The first-order valence-corrected chi connectivity index (χ1v) is 6.67. The fourth-order valence-electron chi connectivity index (χ4n) is 2.44. The molecule has 108 valence electrons. The first-order chi connectivity index (χ1) is 10.1. The molecule has 1 aliphatic carbocycles. The molecule has 1 aliphatic rings. The molecule has 1 saturated carbocycles. The van der Waals surface area contributed by atoms with Crippen LogP contribution in [0, 0.1) is 11.6 Å². The Morgan fingerprint density at radius 3 is 2.57 bits per heavy atom. The number of amides is 1. The van der Waals surface area contributed by atoms with Crippen LogP contribution < -0.4 is 11.1 Å². The molecule has 5 heteroatoms. The van der Waals surface area contributed by atoms with E-state index in [-0.39, 0.29) is 17.6 Å². The molecule has 0 radical (unpaired) electrons. The molecule has 21 heavy (non-hydrogen) atoms. The third-order valence-corrected chi connectivity index (χ3v) is 3.68. The molecule has 3 rings (SSSR count). The Kier molecular flexibility index (Phi) is 3.33. The fourth-order valence-corrected chi connectivity index (χ4v) is 2.44. The fraction of sp³-hybridized carbons (Fsp3) is 0.188. The van der Waals surface area contributed by atoms with Gasteiger partial charge in [-0.1, -0.05) is 30.3 Å². The molecule has 3 N–H and O–H groups in total. The van der Waals surface area contributed by atoms with Gasteiger partial charge >= 0.3 is 0 Å². The van der Waals surface area contributed by atoms with E-state index in [0.29, 0.717) is 0 Å². The van der Waals surface area contributed by atoms with E-state index in [4.69, 9.17) is 5.73 Å². The maximum atomic E-state index is 13.8. The molecule has 2 aromatic rings. The summed E-state index contributed by atoms with van der Waals surface area (Å²) in [6.45, 7) is 0.